The first-order valence-corrected chi connectivity index (χ1v) is 13.0. The van der Waals surface area contributed by atoms with E-state index in [0.29, 0.717) is 11.2 Å². The van der Waals surface area contributed by atoms with Crippen molar-refractivity contribution in [1.29, 1.82) is 0 Å². The van der Waals surface area contributed by atoms with Gasteiger partial charge in [-0.15, -0.1) is 11.8 Å². The van der Waals surface area contributed by atoms with Gasteiger partial charge in [0.1, 0.15) is 18.0 Å². The number of oxime groups is 1. The maximum Gasteiger partial charge on any atom is 0.319 e. The SMILES string of the molecule is NC(=O)Nc1c[n+](CC2=C(C(=O)[O-])N3C(=O)[C@@H](NC(=O)/C(=N\OCF)c4nsc(N)n4)[C@H]3SC2)c2cccnn12. The van der Waals surface area contributed by atoms with Crippen molar-refractivity contribution in [2.45, 2.75) is 18.0 Å². The lowest BCUT2D eigenvalue weighted by molar-refractivity contribution is -0.662. The molecule has 3 aromatic heterocycles. The Morgan fingerprint density at radius 3 is 2.85 bits per heavy atom. The van der Waals surface area contributed by atoms with Crippen molar-refractivity contribution in [1.82, 2.24) is 29.2 Å². The monoisotopic (exact) mass is 591 g/mol. The number of halogens is 1. The van der Waals surface area contributed by atoms with Crippen LogP contribution in [0, 0.1) is 0 Å². The number of aliphatic carboxylic acids is 1. The number of nitrogens with zero attached hydrogens (tertiary/aromatic N) is 7. The zero-order valence-corrected chi connectivity index (χ0v) is 21.6. The Labute approximate surface area is 230 Å². The lowest BCUT2D eigenvalue weighted by atomic mass is 10.0. The number of carboxylic acid groups (broad SMARTS) is 1. The molecule has 0 spiro atoms. The predicted octanol–water partition coefficient (Wildman–Crippen LogP) is -2.70. The number of carboxylic acids is 1. The minimum absolute atomic E-state index is 0.00771. The van der Waals surface area contributed by atoms with Gasteiger partial charge in [-0.25, -0.2) is 13.8 Å². The summed E-state index contributed by atoms with van der Waals surface area (Å²) in [5.74, 6) is -3.09. The molecule has 208 valence electrons. The number of carbonyl (C=O) groups excluding carboxylic acids is 4. The second kappa shape index (κ2) is 10.7. The number of urea groups is 1. The first-order chi connectivity index (χ1) is 19.2. The van der Waals surface area contributed by atoms with Crippen molar-refractivity contribution >= 4 is 69.4 Å². The smallest absolute Gasteiger partial charge is 0.319 e. The van der Waals surface area contributed by atoms with E-state index in [2.05, 4.69) is 35.1 Å². The first-order valence-electron chi connectivity index (χ1n) is 11.2. The molecule has 5 rings (SSSR count). The number of anilines is 2. The van der Waals surface area contributed by atoms with Crippen LogP contribution in [0.25, 0.3) is 5.65 Å². The van der Waals surface area contributed by atoms with E-state index in [1.807, 2.05) is 0 Å². The van der Waals surface area contributed by atoms with E-state index in [-0.39, 0.29) is 34.8 Å². The summed E-state index contributed by atoms with van der Waals surface area (Å²) < 4.78 is 19.4. The Morgan fingerprint density at radius 1 is 1.38 bits per heavy atom. The molecule has 17 nitrogen and oxygen atoms in total. The number of β-lactam (4-membered cyclic amide) rings is 1. The number of amides is 4. The molecule has 0 saturated carbocycles. The zero-order valence-electron chi connectivity index (χ0n) is 20.0. The number of thioether (sulfide) groups is 1. The molecule has 6 N–H and O–H groups in total. The van der Waals surface area contributed by atoms with Crippen LogP contribution in [0.2, 0.25) is 0 Å². The van der Waals surface area contributed by atoms with E-state index in [0.717, 1.165) is 16.4 Å². The van der Waals surface area contributed by atoms with Gasteiger partial charge in [0.05, 0.1) is 17.9 Å². The molecular weight excluding hydrogens is 573 g/mol. The highest BCUT2D eigenvalue weighted by Crippen LogP contribution is 2.40. The Bertz CT molecular complexity index is 1600. The molecule has 2 aliphatic heterocycles. The second-order valence-corrected chi connectivity index (χ2v) is 10.0. The average Bonchev–Trinajstić information content (AvgIpc) is 3.50. The molecule has 5 heterocycles. The fourth-order valence-corrected chi connectivity index (χ4v) is 5.96. The maximum atomic E-state index is 13.1. The van der Waals surface area contributed by atoms with Gasteiger partial charge in [-0.1, -0.05) is 14.8 Å². The first kappa shape index (κ1) is 26.7. The number of aromatic nitrogens is 5. The third-order valence-corrected chi connectivity index (χ3v) is 7.63. The minimum atomic E-state index is -1.59. The standard InChI is InChI=1S/C20H18FN11O6S2/c21-7-38-28-11(14-27-20(23)40-29-14)15(33)26-12-16(34)31-13(18(35)36)8(6-39-17(12)31)4-30-5-9(25-19(22)37)32-10(30)2-1-3-24-32/h1-3,5,12,17H,4,6-7H2,(H6-,22,23,24,25,26,27,29,33,35,36,37)/b28-11-/t12-,17-/m1/s1. The van der Waals surface area contributed by atoms with Crippen molar-refractivity contribution in [3.8, 4) is 0 Å². The summed E-state index contributed by atoms with van der Waals surface area (Å²) in [6.07, 6.45) is 3.01. The third-order valence-electron chi connectivity index (χ3n) is 5.74. The highest BCUT2D eigenvalue weighted by atomic mass is 32.2. The number of nitrogens with one attached hydrogen (secondary N) is 2. The number of hydrogen-bond acceptors (Lipinski definition) is 13. The fourth-order valence-electron chi connectivity index (χ4n) is 4.19. The van der Waals surface area contributed by atoms with Crippen molar-refractivity contribution in [2.24, 2.45) is 10.9 Å². The largest absolute Gasteiger partial charge is 0.543 e. The van der Waals surface area contributed by atoms with Crippen LogP contribution in [0.3, 0.4) is 0 Å². The van der Waals surface area contributed by atoms with Gasteiger partial charge < -0.3 is 31.5 Å². The van der Waals surface area contributed by atoms with Crippen LogP contribution >= 0.6 is 23.3 Å². The van der Waals surface area contributed by atoms with E-state index >= 15 is 0 Å². The summed E-state index contributed by atoms with van der Waals surface area (Å²) in [5, 5.41) is 23.9. The van der Waals surface area contributed by atoms with Gasteiger partial charge in [0.2, 0.25) is 11.5 Å². The van der Waals surface area contributed by atoms with Gasteiger partial charge in [0, 0.05) is 28.9 Å². The van der Waals surface area contributed by atoms with Crippen LogP contribution < -0.4 is 31.8 Å². The van der Waals surface area contributed by atoms with E-state index in [1.54, 1.807) is 16.7 Å². The molecule has 0 aliphatic carbocycles. The molecule has 20 heteroatoms. The highest BCUT2D eigenvalue weighted by Gasteiger charge is 2.53. The number of nitrogen functional groups attached to an aromatic ring is 1. The Kier molecular flexibility index (Phi) is 7.17. The van der Waals surface area contributed by atoms with Crippen molar-refractivity contribution in [3.63, 3.8) is 0 Å². The zero-order chi connectivity index (χ0) is 28.6. The normalized spacial score (nSPS) is 18.8. The summed E-state index contributed by atoms with van der Waals surface area (Å²) in [5.41, 5.74) is 10.8. The summed E-state index contributed by atoms with van der Waals surface area (Å²) in [6, 6.07) is 1.38. The van der Waals surface area contributed by atoms with Gasteiger partial charge in [0.25, 0.3) is 24.5 Å². The minimum Gasteiger partial charge on any atom is -0.543 e. The number of primary amides is 1. The van der Waals surface area contributed by atoms with Gasteiger partial charge in [-0.05, 0) is 6.07 Å². The van der Waals surface area contributed by atoms with E-state index in [1.165, 1.54) is 28.7 Å². The van der Waals surface area contributed by atoms with Gasteiger partial charge in [-0.3, -0.25) is 19.8 Å². The Balaban J connectivity index is 1.39. The predicted molar refractivity (Wildman–Crippen MR) is 134 cm³/mol. The van der Waals surface area contributed by atoms with Crippen LogP contribution in [0.5, 0.6) is 0 Å². The number of nitrogens with two attached hydrogens (primary N) is 2. The van der Waals surface area contributed by atoms with Crippen LogP contribution in [0.15, 0.2) is 41.0 Å². The molecule has 0 unspecified atom stereocenters. The molecule has 3 aromatic rings. The number of carbonyl (C=O) groups is 4. The van der Waals surface area contributed by atoms with Crippen LogP contribution in [-0.2, 0) is 25.8 Å². The quantitative estimate of drug-likeness (QED) is 0.0864. The van der Waals surface area contributed by atoms with E-state index < -0.39 is 47.8 Å². The molecule has 40 heavy (non-hydrogen) atoms. The van der Waals surface area contributed by atoms with E-state index in [9.17, 15) is 28.7 Å². The third kappa shape index (κ3) is 4.84. The van der Waals surface area contributed by atoms with Gasteiger partial charge in [-0.2, -0.15) is 9.36 Å². The van der Waals surface area contributed by atoms with Crippen LogP contribution in [0.4, 0.5) is 20.1 Å². The summed E-state index contributed by atoms with van der Waals surface area (Å²) >= 11 is 1.97. The maximum absolute atomic E-state index is 13.1. The number of hydrogen-bond donors (Lipinski definition) is 4. The number of fused-ring (bicyclic) bond motifs is 2. The molecule has 2 atom stereocenters. The van der Waals surface area contributed by atoms with Crippen molar-refractivity contribution < 1.29 is 38.1 Å². The highest BCUT2D eigenvalue weighted by molar-refractivity contribution is 8.00. The molecule has 2 aliphatic rings. The number of alkyl halides is 1. The molecule has 0 bridgehead atoms. The molecule has 1 saturated heterocycles. The molecule has 4 amide bonds. The van der Waals surface area contributed by atoms with Crippen molar-refractivity contribution in [2.75, 3.05) is 23.7 Å². The second-order valence-electron chi connectivity index (χ2n) is 8.16. The number of rotatable bonds is 9. The van der Waals surface area contributed by atoms with Crippen molar-refractivity contribution in [3.05, 3.63) is 41.6 Å². The molecule has 0 aromatic carbocycles. The Hall–Kier alpha value is -4.85. The van der Waals surface area contributed by atoms with Gasteiger partial charge >= 0.3 is 11.7 Å². The molecular formula is C20H18FN11O6S2. The average molecular weight is 592 g/mol. The number of imidazole rings is 1. The lowest BCUT2D eigenvalue weighted by Gasteiger charge is -2.50. The van der Waals surface area contributed by atoms with Crippen LogP contribution in [0.1, 0.15) is 5.82 Å². The van der Waals surface area contributed by atoms with Crippen LogP contribution in [-0.4, -0.2) is 77.4 Å². The van der Waals surface area contributed by atoms with Gasteiger partial charge in [0.15, 0.2) is 11.3 Å². The summed E-state index contributed by atoms with van der Waals surface area (Å²) in [4.78, 5) is 58.7. The molecule has 1 fully saturated rings. The molecule has 0 radical (unpaired) electrons. The Morgan fingerprint density at radius 2 is 2.17 bits per heavy atom. The fraction of sp³-hybridized carbons (Fsp3) is 0.250. The topological polar surface area (TPSA) is 239 Å². The summed E-state index contributed by atoms with van der Waals surface area (Å²) in [6.45, 7) is -1.33. The van der Waals surface area contributed by atoms with E-state index in [4.69, 9.17) is 11.5 Å². The summed E-state index contributed by atoms with van der Waals surface area (Å²) in [7, 11) is 0. The lowest BCUT2D eigenvalue weighted by Crippen LogP contribution is -2.71.